The molecule has 34 heavy (non-hydrogen) atoms. The molecule has 1 aromatic carbocycles. The third kappa shape index (κ3) is 3.88. The van der Waals surface area contributed by atoms with Crippen LogP contribution in [0.2, 0.25) is 0 Å². The van der Waals surface area contributed by atoms with Crippen LogP contribution in [0.15, 0.2) is 61.9 Å². The predicted molar refractivity (Wildman–Crippen MR) is 133 cm³/mol. The monoisotopic (exact) mass is 491 g/mol. The number of aryl methyl sites for hydroxylation is 3. The summed E-state index contributed by atoms with van der Waals surface area (Å²) < 4.78 is 13.0. The van der Waals surface area contributed by atoms with Gasteiger partial charge in [0.25, 0.3) is 11.4 Å². The second-order valence-electron chi connectivity index (χ2n) is 7.68. The van der Waals surface area contributed by atoms with Gasteiger partial charge in [0.05, 0.1) is 11.1 Å². The molecule has 0 saturated carbocycles. The lowest BCUT2D eigenvalue weighted by atomic mass is 10.1. The zero-order valence-electron chi connectivity index (χ0n) is 18.9. The van der Waals surface area contributed by atoms with Crippen LogP contribution in [0.1, 0.15) is 22.1 Å². The molecule has 4 heterocycles. The molecule has 0 aliphatic rings. The van der Waals surface area contributed by atoms with Crippen LogP contribution < -0.4 is 5.56 Å². The van der Waals surface area contributed by atoms with Crippen molar-refractivity contribution in [1.29, 1.82) is 0 Å². The van der Waals surface area contributed by atoms with Gasteiger partial charge in [-0.05, 0) is 26.3 Å². The lowest BCUT2D eigenvalue weighted by molar-refractivity contribution is 0.399. The minimum Gasteiger partial charge on any atom is -0.420 e. The number of rotatable bonds is 7. The number of nitrogens with zero attached hydrogens (tertiary/aromatic N) is 5. The maximum atomic E-state index is 13.2. The van der Waals surface area contributed by atoms with Crippen molar-refractivity contribution < 1.29 is 8.94 Å². The molecule has 0 unspecified atom stereocenters. The van der Waals surface area contributed by atoms with Crippen LogP contribution >= 0.6 is 23.1 Å². The summed E-state index contributed by atoms with van der Waals surface area (Å²) in [6.45, 7) is 9.93. The van der Waals surface area contributed by atoms with E-state index in [0.29, 0.717) is 51.6 Å². The summed E-state index contributed by atoms with van der Waals surface area (Å²) in [5.74, 6) is 1.70. The highest BCUT2D eigenvalue weighted by molar-refractivity contribution is 7.98. The summed E-state index contributed by atoms with van der Waals surface area (Å²) in [6, 6.07) is 9.70. The maximum absolute atomic E-state index is 13.2. The third-order valence-electron chi connectivity index (χ3n) is 5.48. The molecule has 0 saturated heterocycles. The van der Waals surface area contributed by atoms with E-state index in [1.165, 1.54) is 23.1 Å². The van der Waals surface area contributed by atoms with Crippen molar-refractivity contribution in [3.63, 3.8) is 0 Å². The van der Waals surface area contributed by atoms with Crippen LogP contribution in [-0.2, 0) is 12.3 Å². The average molecular weight is 492 g/mol. The summed E-state index contributed by atoms with van der Waals surface area (Å²) in [5, 5.41) is 13.9. The van der Waals surface area contributed by atoms with Crippen LogP contribution in [0.5, 0.6) is 0 Å². The summed E-state index contributed by atoms with van der Waals surface area (Å²) in [4.78, 5) is 19.7. The highest BCUT2D eigenvalue weighted by atomic mass is 32.2. The Hall–Kier alpha value is -3.50. The second-order valence-corrected chi connectivity index (χ2v) is 9.83. The van der Waals surface area contributed by atoms with E-state index in [-0.39, 0.29) is 5.56 Å². The minimum atomic E-state index is -0.0620. The molecule has 0 amide bonds. The molecular formula is C24H21N5O3S2. The summed E-state index contributed by atoms with van der Waals surface area (Å²) in [5.41, 5.74) is 3.13. The Kier molecular flexibility index (Phi) is 5.93. The zero-order valence-corrected chi connectivity index (χ0v) is 20.5. The van der Waals surface area contributed by atoms with Crippen molar-refractivity contribution in [2.45, 2.75) is 38.2 Å². The van der Waals surface area contributed by atoms with Gasteiger partial charge in [0, 0.05) is 17.0 Å². The number of thiophene rings is 1. The van der Waals surface area contributed by atoms with Gasteiger partial charge in [-0.15, -0.1) is 28.1 Å². The molecule has 0 N–H and O–H groups in total. The fourth-order valence-electron chi connectivity index (χ4n) is 3.67. The van der Waals surface area contributed by atoms with Crippen molar-refractivity contribution in [1.82, 2.24) is 24.9 Å². The molecule has 0 bridgehead atoms. The topological polar surface area (TPSA) is 99.8 Å². The first kappa shape index (κ1) is 22.3. The van der Waals surface area contributed by atoms with Gasteiger partial charge in [-0.25, -0.2) is 4.98 Å². The number of hydrogen-bond acceptors (Lipinski definition) is 9. The van der Waals surface area contributed by atoms with Crippen LogP contribution in [0, 0.1) is 20.8 Å². The predicted octanol–water partition coefficient (Wildman–Crippen LogP) is 5.57. The fourth-order valence-corrected chi connectivity index (χ4v) is 5.58. The molecule has 0 aliphatic heterocycles. The van der Waals surface area contributed by atoms with Gasteiger partial charge in [0.1, 0.15) is 21.8 Å². The largest absolute Gasteiger partial charge is 0.420 e. The first-order valence-electron chi connectivity index (χ1n) is 10.6. The molecule has 0 spiro atoms. The van der Waals surface area contributed by atoms with Gasteiger partial charge in [0.2, 0.25) is 5.89 Å². The molecule has 5 aromatic rings. The highest BCUT2D eigenvalue weighted by Gasteiger charge is 2.22. The van der Waals surface area contributed by atoms with Gasteiger partial charge in [-0.1, -0.05) is 53.3 Å². The summed E-state index contributed by atoms with van der Waals surface area (Å²) >= 11 is 2.90. The Morgan fingerprint density at radius 3 is 2.74 bits per heavy atom. The number of fused-ring (bicyclic) bond motifs is 1. The second kappa shape index (κ2) is 9.03. The van der Waals surface area contributed by atoms with Crippen molar-refractivity contribution in [3.8, 4) is 22.7 Å². The van der Waals surface area contributed by atoms with E-state index in [1.54, 1.807) is 10.6 Å². The smallest absolute Gasteiger partial charge is 0.263 e. The quantitative estimate of drug-likeness (QED) is 0.166. The normalized spacial score (nSPS) is 11.4. The van der Waals surface area contributed by atoms with E-state index in [0.717, 1.165) is 20.8 Å². The molecule has 10 heteroatoms. The van der Waals surface area contributed by atoms with Crippen LogP contribution in [0.4, 0.5) is 0 Å². The third-order valence-corrected chi connectivity index (χ3v) is 7.54. The highest BCUT2D eigenvalue weighted by Crippen LogP contribution is 2.34. The van der Waals surface area contributed by atoms with E-state index in [2.05, 4.69) is 21.9 Å². The maximum Gasteiger partial charge on any atom is 0.263 e. The number of allylic oxidation sites excluding steroid dienone is 1. The molecule has 8 nitrogen and oxygen atoms in total. The van der Waals surface area contributed by atoms with E-state index >= 15 is 0 Å². The van der Waals surface area contributed by atoms with Gasteiger partial charge < -0.3 is 8.94 Å². The summed E-state index contributed by atoms with van der Waals surface area (Å²) in [6.07, 6.45) is 1.69. The fraction of sp³-hybridized carbons (Fsp3) is 0.208. The number of aromatic nitrogens is 5. The Morgan fingerprint density at radius 2 is 1.97 bits per heavy atom. The lowest BCUT2D eigenvalue weighted by Gasteiger charge is -2.09. The van der Waals surface area contributed by atoms with Crippen LogP contribution in [-0.4, -0.2) is 24.9 Å². The Balaban J connectivity index is 1.45. The average Bonchev–Trinajstić information content (AvgIpc) is 3.53. The van der Waals surface area contributed by atoms with E-state index < -0.39 is 0 Å². The van der Waals surface area contributed by atoms with E-state index in [9.17, 15) is 4.79 Å². The number of hydrogen-bond donors (Lipinski definition) is 0. The Labute approximate surface area is 203 Å². The number of thioether (sulfide) groups is 1. The molecule has 0 aliphatic carbocycles. The standard InChI is InChI=1S/C24H21N5O3S2/c1-5-11-29-23(30)18-13(2)15(4)34-22(18)25-24(29)33-12-17-26-27-21(31-17)19-14(3)32-28-20(19)16-9-7-6-8-10-16/h5-10H,1,11-12H2,2-4H3. The molecule has 0 atom stereocenters. The van der Waals surface area contributed by atoms with Crippen molar-refractivity contribution in [3.05, 3.63) is 75.4 Å². The molecule has 4 aromatic heterocycles. The molecule has 0 radical (unpaired) electrons. The van der Waals surface area contributed by atoms with Crippen LogP contribution in [0.3, 0.4) is 0 Å². The zero-order chi connectivity index (χ0) is 23.8. The lowest BCUT2D eigenvalue weighted by Crippen LogP contribution is -2.22. The van der Waals surface area contributed by atoms with Gasteiger partial charge >= 0.3 is 0 Å². The van der Waals surface area contributed by atoms with Crippen molar-refractivity contribution in [2.24, 2.45) is 0 Å². The van der Waals surface area contributed by atoms with Crippen LogP contribution in [0.25, 0.3) is 32.9 Å². The van der Waals surface area contributed by atoms with E-state index in [1.807, 2.05) is 51.1 Å². The molecular weight excluding hydrogens is 470 g/mol. The van der Waals surface area contributed by atoms with Gasteiger partial charge in [0.15, 0.2) is 5.16 Å². The summed E-state index contributed by atoms with van der Waals surface area (Å²) in [7, 11) is 0. The van der Waals surface area contributed by atoms with Crippen molar-refractivity contribution in [2.75, 3.05) is 0 Å². The Morgan fingerprint density at radius 1 is 1.18 bits per heavy atom. The molecule has 0 fully saturated rings. The minimum absolute atomic E-state index is 0.0620. The first-order chi connectivity index (χ1) is 16.5. The van der Waals surface area contributed by atoms with Gasteiger partial charge in [-0.2, -0.15) is 0 Å². The Bertz CT molecular complexity index is 1560. The van der Waals surface area contributed by atoms with Gasteiger partial charge in [-0.3, -0.25) is 9.36 Å². The first-order valence-corrected chi connectivity index (χ1v) is 12.4. The number of benzene rings is 1. The molecule has 5 rings (SSSR count). The van der Waals surface area contributed by atoms with E-state index in [4.69, 9.17) is 13.9 Å². The SMILES string of the molecule is C=CCn1c(SCc2nnc(-c3c(-c4ccccc4)noc3C)o2)nc2sc(C)c(C)c2c1=O. The van der Waals surface area contributed by atoms with Crippen molar-refractivity contribution >= 4 is 33.3 Å². The molecule has 172 valence electrons.